The molecule has 2 heterocycles. The van der Waals surface area contributed by atoms with Gasteiger partial charge in [-0.15, -0.1) is 11.3 Å². The molecule has 0 saturated heterocycles. The van der Waals surface area contributed by atoms with Crippen LogP contribution in [0.15, 0.2) is 42.9 Å². The summed E-state index contributed by atoms with van der Waals surface area (Å²) in [7, 11) is 1.81. The van der Waals surface area contributed by atoms with Crippen molar-refractivity contribution < 1.29 is 14.4 Å². The number of nitrogens with one attached hydrogen (secondary N) is 1. The summed E-state index contributed by atoms with van der Waals surface area (Å²) in [6.07, 6.45) is 8.05. The number of aryl methyl sites for hydroxylation is 1. The lowest BCUT2D eigenvalue weighted by Gasteiger charge is -2.30. The molecule has 0 radical (unpaired) electrons. The van der Waals surface area contributed by atoms with Crippen LogP contribution in [0.3, 0.4) is 0 Å². The number of hydrogen-bond acceptors (Lipinski definition) is 5. The highest BCUT2D eigenvalue weighted by atomic mass is 32.1. The molecule has 1 aliphatic carbocycles. The maximum atomic E-state index is 13.3. The molecule has 0 unspecified atom stereocenters. The van der Waals surface area contributed by atoms with E-state index in [0.717, 1.165) is 42.4 Å². The molecule has 2 amide bonds. The van der Waals surface area contributed by atoms with E-state index in [0.29, 0.717) is 34.4 Å². The summed E-state index contributed by atoms with van der Waals surface area (Å²) < 4.78 is 1.72. The van der Waals surface area contributed by atoms with Crippen molar-refractivity contribution in [2.24, 2.45) is 18.9 Å². The maximum absolute atomic E-state index is 13.3. The van der Waals surface area contributed by atoms with Crippen molar-refractivity contribution in [3.05, 3.63) is 53.4 Å². The molecule has 1 aliphatic rings. The number of imidazole rings is 1. The van der Waals surface area contributed by atoms with Gasteiger partial charge in [-0.25, -0.2) is 4.98 Å². The van der Waals surface area contributed by atoms with Crippen molar-refractivity contribution in [3.8, 4) is 10.4 Å². The van der Waals surface area contributed by atoms with Crippen molar-refractivity contribution in [1.82, 2.24) is 9.55 Å². The topological polar surface area (TPSA) is 84.3 Å². The van der Waals surface area contributed by atoms with Crippen LogP contribution in [0.2, 0.25) is 0 Å². The molecule has 4 rings (SSSR count). The minimum atomic E-state index is -0.274. The average Bonchev–Trinajstić information content (AvgIpc) is 3.47. The smallest absolute Gasteiger partial charge is 0.275 e. The normalized spacial score (nSPS) is 17.9. The van der Waals surface area contributed by atoms with Crippen LogP contribution in [0.5, 0.6) is 0 Å². The van der Waals surface area contributed by atoms with Crippen LogP contribution in [0.1, 0.15) is 59.7 Å². The minimum Gasteiger partial charge on any atom is -0.340 e. The molecule has 0 aliphatic heterocycles. The van der Waals surface area contributed by atoms with Gasteiger partial charge >= 0.3 is 0 Å². The number of anilines is 2. The number of benzene rings is 1. The second-order valence-corrected chi connectivity index (χ2v) is 10.1. The van der Waals surface area contributed by atoms with Gasteiger partial charge in [0.25, 0.3) is 5.91 Å². The van der Waals surface area contributed by atoms with Crippen LogP contribution < -0.4 is 10.2 Å². The molecule has 0 bridgehead atoms. The van der Waals surface area contributed by atoms with Gasteiger partial charge in [0.05, 0.1) is 16.9 Å². The summed E-state index contributed by atoms with van der Waals surface area (Å²) in [4.78, 5) is 44.8. The summed E-state index contributed by atoms with van der Waals surface area (Å²) >= 11 is 1.38. The third-order valence-electron chi connectivity index (χ3n) is 6.45. The Morgan fingerprint density at radius 2 is 1.91 bits per heavy atom. The Morgan fingerprint density at radius 3 is 2.50 bits per heavy atom. The zero-order valence-corrected chi connectivity index (χ0v) is 20.6. The van der Waals surface area contributed by atoms with Crippen molar-refractivity contribution in [2.45, 2.75) is 39.5 Å². The SMILES string of the molecule is CCN(c1cc(-c2ccc(NC(=O)c3cn(C)cn3)cc2)sc1C=O)C(=O)[C@H]1CC[C@H](C)CC1. The second-order valence-electron chi connectivity index (χ2n) is 8.97. The number of carbonyl (C=O) groups is 3. The van der Waals surface area contributed by atoms with E-state index in [-0.39, 0.29) is 17.7 Å². The van der Waals surface area contributed by atoms with Crippen molar-refractivity contribution in [2.75, 3.05) is 16.8 Å². The molecule has 2 aromatic heterocycles. The minimum absolute atomic E-state index is 0.0287. The van der Waals surface area contributed by atoms with Gasteiger partial charge in [-0.1, -0.05) is 19.1 Å². The molecule has 34 heavy (non-hydrogen) atoms. The number of thiophene rings is 1. The van der Waals surface area contributed by atoms with Crippen LogP contribution in [-0.4, -0.2) is 34.2 Å². The summed E-state index contributed by atoms with van der Waals surface area (Å²) in [6, 6.07) is 9.38. The van der Waals surface area contributed by atoms with E-state index in [1.807, 2.05) is 44.3 Å². The van der Waals surface area contributed by atoms with Crippen LogP contribution >= 0.6 is 11.3 Å². The maximum Gasteiger partial charge on any atom is 0.275 e. The van der Waals surface area contributed by atoms with Gasteiger partial charge < -0.3 is 14.8 Å². The van der Waals surface area contributed by atoms with Crippen molar-refractivity contribution in [3.63, 3.8) is 0 Å². The molecular weight excluding hydrogens is 448 g/mol. The standard InChI is InChI=1S/C26H30N4O3S/c1-4-30(26(33)19-7-5-17(2)6-8-19)22-13-23(34-24(22)15-31)18-9-11-20(12-10-18)28-25(32)21-14-29(3)16-27-21/h9-17,19H,4-8H2,1-3H3,(H,28,32)/t17-,19-. The summed E-state index contributed by atoms with van der Waals surface area (Å²) in [5.41, 5.74) is 2.62. The molecule has 8 heteroatoms. The molecular formula is C26H30N4O3S. The Hall–Kier alpha value is -3.26. The van der Waals surface area contributed by atoms with E-state index in [9.17, 15) is 14.4 Å². The van der Waals surface area contributed by atoms with Gasteiger partial charge in [0.2, 0.25) is 5.91 Å². The number of nitrogens with zero attached hydrogens (tertiary/aromatic N) is 3. The number of aromatic nitrogens is 2. The molecule has 0 spiro atoms. The molecule has 1 saturated carbocycles. The predicted molar refractivity (Wildman–Crippen MR) is 135 cm³/mol. The molecule has 0 atom stereocenters. The van der Waals surface area contributed by atoms with Gasteiger partial charge in [-0.3, -0.25) is 14.4 Å². The Kier molecular flexibility index (Phi) is 7.26. The first kappa shape index (κ1) is 23.9. The zero-order valence-electron chi connectivity index (χ0n) is 19.8. The highest BCUT2D eigenvalue weighted by Crippen LogP contribution is 2.38. The lowest BCUT2D eigenvalue weighted by atomic mass is 9.82. The zero-order chi connectivity index (χ0) is 24.2. The van der Waals surface area contributed by atoms with Gasteiger partial charge in [0, 0.05) is 36.3 Å². The molecule has 1 fully saturated rings. The largest absolute Gasteiger partial charge is 0.340 e. The Balaban J connectivity index is 1.51. The monoisotopic (exact) mass is 478 g/mol. The van der Waals surface area contributed by atoms with E-state index < -0.39 is 0 Å². The Bertz CT molecular complexity index is 1170. The van der Waals surface area contributed by atoms with E-state index in [2.05, 4.69) is 17.2 Å². The molecule has 7 nitrogen and oxygen atoms in total. The van der Waals surface area contributed by atoms with Gasteiger partial charge in [-0.05, 0) is 62.3 Å². The average molecular weight is 479 g/mol. The second kappa shape index (κ2) is 10.3. The fourth-order valence-electron chi connectivity index (χ4n) is 4.45. The highest BCUT2D eigenvalue weighted by Gasteiger charge is 2.30. The summed E-state index contributed by atoms with van der Waals surface area (Å²) in [6.45, 7) is 4.72. The summed E-state index contributed by atoms with van der Waals surface area (Å²) in [5, 5.41) is 2.84. The first-order chi connectivity index (χ1) is 16.4. The van der Waals surface area contributed by atoms with E-state index in [1.165, 1.54) is 11.3 Å². The quantitative estimate of drug-likeness (QED) is 0.461. The first-order valence-corrected chi connectivity index (χ1v) is 12.5. The molecule has 1 aromatic carbocycles. The van der Waals surface area contributed by atoms with Crippen LogP contribution in [0, 0.1) is 11.8 Å². The number of hydrogen-bond donors (Lipinski definition) is 1. The van der Waals surface area contributed by atoms with E-state index in [1.54, 1.807) is 22.0 Å². The first-order valence-electron chi connectivity index (χ1n) is 11.7. The highest BCUT2D eigenvalue weighted by molar-refractivity contribution is 7.17. The number of aldehydes is 1. The Morgan fingerprint density at radius 1 is 1.21 bits per heavy atom. The van der Waals surface area contributed by atoms with Gasteiger partial charge in [-0.2, -0.15) is 0 Å². The van der Waals surface area contributed by atoms with Crippen LogP contribution in [0.25, 0.3) is 10.4 Å². The summed E-state index contributed by atoms with van der Waals surface area (Å²) in [5.74, 6) is 0.550. The van der Waals surface area contributed by atoms with Crippen LogP contribution in [0.4, 0.5) is 11.4 Å². The Labute approximate surface area is 203 Å². The lowest BCUT2D eigenvalue weighted by molar-refractivity contribution is -0.123. The van der Waals surface area contributed by atoms with E-state index in [4.69, 9.17) is 0 Å². The molecule has 1 N–H and O–H groups in total. The third kappa shape index (κ3) is 5.12. The van der Waals surface area contributed by atoms with Gasteiger partial charge in [0.15, 0.2) is 6.29 Å². The number of amides is 2. The third-order valence-corrected chi connectivity index (χ3v) is 7.55. The number of carbonyl (C=O) groups excluding carboxylic acids is 3. The molecule has 178 valence electrons. The fourth-order valence-corrected chi connectivity index (χ4v) is 5.43. The number of rotatable bonds is 7. The van der Waals surface area contributed by atoms with Crippen molar-refractivity contribution in [1.29, 1.82) is 0 Å². The van der Waals surface area contributed by atoms with E-state index >= 15 is 0 Å². The predicted octanol–water partition coefficient (Wildman–Crippen LogP) is 5.39. The molecule has 3 aromatic rings. The lowest BCUT2D eigenvalue weighted by Crippen LogP contribution is -2.37. The van der Waals surface area contributed by atoms with Crippen LogP contribution in [-0.2, 0) is 11.8 Å². The van der Waals surface area contributed by atoms with Crippen molar-refractivity contribution >= 4 is 40.8 Å². The van der Waals surface area contributed by atoms with Gasteiger partial charge in [0.1, 0.15) is 5.69 Å². The fraction of sp³-hybridized carbons (Fsp3) is 0.385.